The summed E-state index contributed by atoms with van der Waals surface area (Å²) >= 11 is 3.36. The predicted molar refractivity (Wildman–Crippen MR) is 123 cm³/mol. The molecule has 3 aromatic rings. The predicted octanol–water partition coefficient (Wildman–Crippen LogP) is 4.90. The second-order valence-corrected chi connectivity index (χ2v) is 7.91. The molecule has 3 aromatic carbocycles. The molecule has 158 valence electrons. The van der Waals surface area contributed by atoms with Crippen molar-refractivity contribution in [2.75, 3.05) is 30.0 Å². The van der Waals surface area contributed by atoms with Crippen molar-refractivity contribution in [3.63, 3.8) is 0 Å². The van der Waals surface area contributed by atoms with Crippen molar-refractivity contribution < 1.29 is 19.1 Å². The van der Waals surface area contributed by atoms with Crippen molar-refractivity contribution >= 4 is 39.1 Å². The Morgan fingerprint density at radius 1 is 1.06 bits per heavy atom. The van der Waals surface area contributed by atoms with Crippen LogP contribution in [-0.4, -0.2) is 31.6 Å². The number of anilines is 2. The quantitative estimate of drug-likeness (QED) is 0.488. The number of nitrogens with one attached hydrogen (secondary N) is 1. The Kier molecular flexibility index (Phi) is 6.52. The fourth-order valence-corrected chi connectivity index (χ4v) is 3.52. The van der Waals surface area contributed by atoms with Crippen molar-refractivity contribution in [3.8, 4) is 11.5 Å². The zero-order valence-electron chi connectivity index (χ0n) is 16.7. The number of amides is 2. The van der Waals surface area contributed by atoms with E-state index < -0.39 is 0 Å². The number of benzene rings is 3. The molecule has 0 aliphatic carbocycles. The van der Waals surface area contributed by atoms with Crippen molar-refractivity contribution in [1.82, 2.24) is 0 Å². The average molecular weight is 481 g/mol. The Balaban J connectivity index is 1.43. The van der Waals surface area contributed by atoms with Gasteiger partial charge in [-0.15, -0.1) is 0 Å². The van der Waals surface area contributed by atoms with E-state index in [2.05, 4.69) is 21.2 Å². The van der Waals surface area contributed by atoms with Gasteiger partial charge in [0.25, 0.3) is 11.8 Å². The molecule has 0 unspecified atom stereocenters. The minimum atomic E-state index is -0.224. The summed E-state index contributed by atoms with van der Waals surface area (Å²) in [5.41, 5.74) is 1.78. The zero-order chi connectivity index (χ0) is 21.6. The summed E-state index contributed by atoms with van der Waals surface area (Å²) in [5.74, 6) is 1.07. The van der Waals surface area contributed by atoms with Gasteiger partial charge in [0.15, 0.2) is 6.61 Å². The molecule has 31 heavy (non-hydrogen) atoms. The molecule has 0 atom stereocenters. The van der Waals surface area contributed by atoms with Crippen LogP contribution in [0.1, 0.15) is 16.8 Å². The summed E-state index contributed by atoms with van der Waals surface area (Å²) in [5, 5.41) is 2.88. The van der Waals surface area contributed by atoms with Crippen LogP contribution in [0.2, 0.25) is 0 Å². The second-order valence-electron chi connectivity index (χ2n) is 6.99. The summed E-state index contributed by atoms with van der Waals surface area (Å²) in [6, 6.07) is 22.0. The first-order valence-electron chi connectivity index (χ1n) is 9.92. The van der Waals surface area contributed by atoms with Crippen LogP contribution in [0, 0.1) is 0 Å². The van der Waals surface area contributed by atoms with Crippen LogP contribution in [0.15, 0.2) is 77.3 Å². The Morgan fingerprint density at radius 3 is 2.61 bits per heavy atom. The van der Waals surface area contributed by atoms with Gasteiger partial charge < -0.3 is 19.7 Å². The highest BCUT2D eigenvalue weighted by Crippen LogP contribution is 2.35. The molecule has 2 amide bonds. The first-order valence-corrected chi connectivity index (χ1v) is 10.7. The normalized spacial score (nSPS) is 12.7. The number of halogens is 1. The van der Waals surface area contributed by atoms with Crippen LogP contribution < -0.4 is 19.7 Å². The summed E-state index contributed by atoms with van der Waals surface area (Å²) in [7, 11) is 0. The van der Waals surface area contributed by atoms with Crippen LogP contribution in [0.25, 0.3) is 0 Å². The van der Waals surface area contributed by atoms with Gasteiger partial charge in [-0.3, -0.25) is 9.59 Å². The first-order chi connectivity index (χ1) is 15.1. The molecule has 0 saturated carbocycles. The smallest absolute Gasteiger partial charge is 0.265 e. The highest BCUT2D eigenvalue weighted by atomic mass is 79.9. The van der Waals surface area contributed by atoms with Crippen LogP contribution in [0.4, 0.5) is 11.4 Å². The van der Waals surface area contributed by atoms with Crippen molar-refractivity contribution in [2.45, 2.75) is 6.42 Å². The third-order valence-corrected chi connectivity index (χ3v) is 5.33. The maximum atomic E-state index is 12.5. The maximum absolute atomic E-state index is 12.5. The standard InChI is InChI=1S/C24H21BrN2O4/c25-18-9-7-17(8-10-18)24(29)26-19-11-12-22-21(15-19)27(23(28)16-31-22)13-4-14-30-20-5-2-1-3-6-20/h1-3,5-12,15H,4,13-14,16H2,(H,26,29). The molecular formula is C24H21BrN2O4. The molecule has 0 saturated heterocycles. The lowest BCUT2D eigenvalue weighted by molar-refractivity contribution is -0.121. The van der Waals surface area contributed by atoms with Gasteiger partial charge in [-0.2, -0.15) is 0 Å². The Bertz CT molecular complexity index is 1070. The summed E-state index contributed by atoms with van der Waals surface area (Å²) < 4.78 is 12.2. The number of carbonyl (C=O) groups is 2. The fraction of sp³-hybridized carbons (Fsp3) is 0.167. The number of nitrogens with zero attached hydrogens (tertiary/aromatic N) is 1. The van der Waals surface area contributed by atoms with Gasteiger partial charge in [0.2, 0.25) is 0 Å². The van der Waals surface area contributed by atoms with Gasteiger partial charge in [0.1, 0.15) is 11.5 Å². The molecule has 0 spiro atoms. The van der Waals surface area contributed by atoms with E-state index in [1.165, 1.54) is 0 Å². The highest BCUT2D eigenvalue weighted by Gasteiger charge is 2.25. The number of para-hydroxylation sites is 1. The molecule has 0 bridgehead atoms. The van der Waals surface area contributed by atoms with Gasteiger partial charge in [0.05, 0.1) is 12.3 Å². The Hall–Kier alpha value is -3.32. The van der Waals surface area contributed by atoms with Crippen LogP contribution in [0.3, 0.4) is 0 Å². The molecule has 0 radical (unpaired) electrons. The van der Waals surface area contributed by atoms with Gasteiger partial charge in [-0.05, 0) is 61.0 Å². The molecule has 0 aromatic heterocycles. The SMILES string of the molecule is O=C(Nc1ccc2c(c1)N(CCCOc1ccccc1)C(=O)CO2)c1ccc(Br)cc1. The number of hydrogen-bond acceptors (Lipinski definition) is 4. The third kappa shape index (κ3) is 5.24. The second kappa shape index (κ2) is 9.66. The number of hydrogen-bond donors (Lipinski definition) is 1. The van der Waals surface area contributed by atoms with Crippen molar-refractivity contribution in [1.29, 1.82) is 0 Å². The van der Waals surface area contributed by atoms with Crippen LogP contribution in [-0.2, 0) is 4.79 Å². The van der Waals surface area contributed by atoms with E-state index in [4.69, 9.17) is 9.47 Å². The monoisotopic (exact) mass is 480 g/mol. The fourth-order valence-electron chi connectivity index (χ4n) is 3.26. The van der Waals surface area contributed by atoms with Gasteiger partial charge in [-0.1, -0.05) is 34.1 Å². The molecule has 6 nitrogen and oxygen atoms in total. The summed E-state index contributed by atoms with van der Waals surface area (Å²) in [6.07, 6.45) is 0.662. The Morgan fingerprint density at radius 2 is 1.84 bits per heavy atom. The van der Waals surface area contributed by atoms with Crippen molar-refractivity contribution in [3.05, 3.63) is 82.8 Å². The van der Waals surface area contributed by atoms with Crippen molar-refractivity contribution in [2.24, 2.45) is 0 Å². The molecule has 4 rings (SSSR count). The van der Waals surface area contributed by atoms with E-state index in [9.17, 15) is 9.59 Å². The van der Waals surface area contributed by atoms with E-state index in [0.29, 0.717) is 42.3 Å². The maximum Gasteiger partial charge on any atom is 0.265 e. The lowest BCUT2D eigenvalue weighted by Gasteiger charge is -2.30. The van der Waals surface area contributed by atoms with E-state index >= 15 is 0 Å². The third-order valence-electron chi connectivity index (χ3n) is 4.80. The summed E-state index contributed by atoms with van der Waals surface area (Å²) in [4.78, 5) is 26.7. The topological polar surface area (TPSA) is 67.9 Å². The molecule has 1 aliphatic rings. The number of carbonyl (C=O) groups excluding carboxylic acids is 2. The molecular weight excluding hydrogens is 460 g/mol. The lowest BCUT2D eigenvalue weighted by Crippen LogP contribution is -2.39. The minimum Gasteiger partial charge on any atom is -0.494 e. The zero-order valence-corrected chi connectivity index (χ0v) is 18.3. The summed E-state index contributed by atoms with van der Waals surface area (Å²) in [6.45, 7) is 0.979. The number of ether oxygens (including phenoxy) is 2. The van der Waals surface area contributed by atoms with Gasteiger partial charge in [-0.25, -0.2) is 0 Å². The minimum absolute atomic E-state index is 0.00284. The molecule has 1 heterocycles. The van der Waals surface area contributed by atoms with Crippen LogP contribution >= 0.6 is 15.9 Å². The van der Waals surface area contributed by atoms with E-state index in [-0.39, 0.29) is 18.4 Å². The molecule has 7 heteroatoms. The van der Waals surface area contributed by atoms with E-state index in [1.54, 1.807) is 35.2 Å². The van der Waals surface area contributed by atoms with Gasteiger partial charge >= 0.3 is 0 Å². The first kappa shape index (κ1) is 20.9. The molecule has 0 fully saturated rings. The number of rotatable bonds is 7. The Labute approximate surface area is 188 Å². The number of fused-ring (bicyclic) bond motifs is 1. The van der Waals surface area contributed by atoms with Gasteiger partial charge in [0, 0.05) is 22.3 Å². The average Bonchev–Trinajstić information content (AvgIpc) is 2.79. The molecule has 1 N–H and O–H groups in total. The largest absolute Gasteiger partial charge is 0.494 e. The highest BCUT2D eigenvalue weighted by molar-refractivity contribution is 9.10. The molecule has 1 aliphatic heterocycles. The lowest BCUT2D eigenvalue weighted by atomic mass is 10.1. The van der Waals surface area contributed by atoms with E-state index in [0.717, 1.165) is 10.2 Å². The van der Waals surface area contributed by atoms with Crippen LogP contribution in [0.5, 0.6) is 11.5 Å². The van der Waals surface area contributed by atoms with E-state index in [1.807, 2.05) is 42.5 Å².